The second-order valence-corrected chi connectivity index (χ2v) is 8.05. The number of hydrogen-bond donors (Lipinski definition) is 0. The van der Waals surface area contributed by atoms with E-state index in [4.69, 9.17) is 14.2 Å². The smallest absolute Gasteiger partial charge is 0.243 e. The molecule has 1 aromatic carbocycles. The van der Waals surface area contributed by atoms with Gasteiger partial charge in [-0.2, -0.15) is 9.40 Å². The minimum absolute atomic E-state index is 0.210. The zero-order valence-electron chi connectivity index (χ0n) is 15.3. The topological polar surface area (TPSA) is 82.9 Å². The summed E-state index contributed by atoms with van der Waals surface area (Å²) in [6.45, 7) is 2.60. The van der Waals surface area contributed by atoms with Crippen LogP contribution >= 0.6 is 0 Å². The Morgan fingerprint density at radius 2 is 1.92 bits per heavy atom. The third-order valence-corrected chi connectivity index (χ3v) is 6.43. The Labute approximate surface area is 153 Å². The van der Waals surface area contributed by atoms with Crippen LogP contribution in [0.15, 0.2) is 29.4 Å². The second-order valence-electron chi connectivity index (χ2n) is 6.14. The van der Waals surface area contributed by atoms with Crippen molar-refractivity contribution in [3.63, 3.8) is 0 Å². The van der Waals surface area contributed by atoms with Gasteiger partial charge in [0.05, 0.1) is 38.0 Å². The normalized spacial score (nSPS) is 18.7. The van der Waals surface area contributed by atoms with E-state index in [1.165, 1.54) is 24.6 Å². The highest BCUT2D eigenvalue weighted by atomic mass is 32.2. The first-order valence-corrected chi connectivity index (χ1v) is 9.63. The minimum Gasteiger partial charge on any atom is -0.493 e. The molecule has 0 saturated carbocycles. The molecule has 0 unspecified atom stereocenters. The van der Waals surface area contributed by atoms with E-state index < -0.39 is 10.0 Å². The summed E-state index contributed by atoms with van der Waals surface area (Å²) in [5, 5.41) is 4.13. The Bertz CT molecular complexity index is 894. The molecule has 1 aliphatic heterocycles. The molecule has 26 heavy (non-hydrogen) atoms. The molecule has 1 aromatic heterocycles. The molecular weight excluding hydrogens is 358 g/mol. The molecule has 0 bridgehead atoms. The van der Waals surface area contributed by atoms with Crippen LogP contribution in [0.3, 0.4) is 0 Å². The fraction of sp³-hybridized carbons (Fsp3) is 0.471. The van der Waals surface area contributed by atoms with Gasteiger partial charge in [0.2, 0.25) is 10.0 Å². The Morgan fingerprint density at radius 1 is 1.23 bits per heavy atom. The van der Waals surface area contributed by atoms with Crippen LogP contribution in [0, 0.1) is 6.92 Å². The van der Waals surface area contributed by atoms with Gasteiger partial charge in [0.15, 0.2) is 11.5 Å². The minimum atomic E-state index is -3.69. The van der Waals surface area contributed by atoms with E-state index in [1.807, 2.05) is 13.2 Å². The molecule has 1 saturated heterocycles. The van der Waals surface area contributed by atoms with Crippen molar-refractivity contribution >= 4 is 10.0 Å². The number of hydrogen-bond acceptors (Lipinski definition) is 6. The number of rotatable bonds is 5. The molecule has 1 aliphatic rings. The summed E-state index contributed by atoms with van der Waals surface area (Å²) < 4.78 is 45.8. The van der Waals surface area contributed by atoms with Crippen molar-refractivity contribution in [2.45, 2.75) is 17.9 Å². The Balaban J connectivity index is 1.92. The number of benzene rings is 1. The first-order chi connectivity index (χ1) is 12.4. The molecule has 0 amide bonds. The summed E-state index contributed by atoms with van der Waals surface area (Å²) in [7, 11) is 1.12. The molecule has 0 aliphatic carbocycles. The summed E-state index contributed by atoms with van der Waals surface area (Å²) in [6, 6.07) is 3.18. The van der Waals surface area contributed by atoms with Crippen LogP contribution in [-0.4, -0.2) is 56.4 Å². The van der Waals surface area contributed by atoms with Gasteiger partial charge in [0.1, 0.15) is 0 Å². The number of nitrogens with zero attached hydrogens (tertiary/aromatic N) is 3. The van der Waals surface area contributed by atoms with Gasteiger partial charge < -0.3 is 14.2 Å². The van der Waals surface area contributed by atoms with E-state index in [9.17, 15) is 8.42 Å². The van der Waals surface area contributed by atoms with Gasteiger partial charge in [-0.05, 0) is 18.6 Å². The number of aryl methyl sites for hydroxylation is 2. The lowest BCUT2D eigenvalue weighted by atomic mass is 10.2. The van der Waals surface area contributed by atoms with E-state index in [0.29, 0.717) is 30.2 Å². The third-order valence-electron chi connectivity index (χ3n) is 4.42. The van der Waals surface area contributed by atoms with Crippen LogP contribution in [0.25, 0.3) is 0 Å². The number of methoxy groups -OCH3 is 2. The van der Waals surface area contributed by atoms with E-state index in [-0.39, 0.29) is 17.5 Å². The lowest BCUT2D eigenvalue weighted by Gasteiger charge is -2.32. The molecule has 142 valence electrons. The summed E-state index contributed by atoms with van der Waals surface area (Å²) >= 11 is 0. The molecule has 2 heterocycles. The molecule has 2 aromatic rings. The average molecular weight is 381 g/mol. The highest BCUT2D eigenvalue weighted by Crippen LogP contribution is 2.35. The molecular formula is C17H23N3O5S. The first kappa shape index (κ1) is 18.7. The van der Waals surface area contributed by atoms with Gasteiger partial charge in [-0.15, -0.1) is 0 Å². The number of sulfonamides is 1. The van der Waals surface area contributed by atoms with E-state index in [2.05, 4.69) is 5.10 Å². The molecule has 1 atom stereocenters. The van der Waals surface area contributed by atoms with E-state index in [1.54, 1.807) is 23.9 Å². The predicted octanol–water partition coefficient (Wildman–Crippen LogP) is 1.51. The lowest BCUT2D eigenvalue weighted by molar-refractivity contribution is -0.00260. The number of morpholine rings is 1. The maximum Gasteiger partial charge on any atom is 0.243 e. The Morgan fingerprint density at radius 3 is 2.54 bits per heavy atom. The SMILES string of the molecule is COc1cc(C)c(S(=O)(=O)N2CCO[C@H](c3cnn(C)c3)C2)cc1OC. The van der Waals surface area contributed by atoms with Crippen LogP contribution in [0.5, 0.6) is 11.5 Å². The molecule has 0 radical (unpaired) electrons. The maximum absolute atomic E-state index is 13.2. The average Bonchev–Trinajstić information content (AvgIpc) is 3.07. The van der Waals surface area contributed by atoms with E-state index >= 15 is 0 Å². The summed E-state index contributed by atoms with van der Waals surface area (Å²) in [5.41, 5.74) is 1.46. The Kier molecular flexibility index (Phi) is 5.22. The van der Waals surface area contributed by atoms with Gasteiger partial charge in [-0.25, -0.2) is 8.42 Å². The van der Waals surface area contributed by atoms with Crippen molar-refractivity contribution in [1.82, 2.24) is 14.1 Å². The first-order valence-electron chi connectivity index (χ1n) is 8.19. The van der Waals surface area contributed by atoms with Gasteiger partial charge in [-0.1, -0.05) is 0 Å². The van der Waals surface area contributed by atoms with Gasteiger partial charge in [0, 0.05) is 38.0 Å². The van der Waals surface area contributed by atoms with Crippen LogP contribution in [-0.2, 0) is 21.8 Å². The molecule has 0 spiro atoms. The number of aromatic nitrogens is 2. The molecule has 8 nitrogen and oxygen atoms in total. The van der Waals surface area contributed by atoms with Gasteiger partial charge in [0.25, 0.3) is 0 Å². The summed E-state index contributed by atoms with van der Waals surface area (Å²) in [6.07, 6.45) is 3.19. The predicted molar refractivity (Wildman–Crippen MR) is 94.9 cm³/mol. The molecule has 0 N–H and O–H groups in total. The fourth-order valence-electron chi connectivity index (χ4n) is 3.03. The van der Waals surface area contributed by atoms with E-state index in [0.717, 1.165) is 5.56 Å². The molecule has 9 heteroatoms. The monoisotopic (exact) mass is 381 g/mol. The molecule has 1 fully saturated rings. The van der Waals surface area contributed by atoms with Crippen molar-refractivity contribution < 1.29 is 22.6 Å². The van der Waals surface area contributed by atoms with Crippen molar-refractivity contribution in [2.75, 3.05) is 33.9 Å². The second kappa shape index (κ2) is 7.26. The van der Waals surface area contributed by atoms with Crippen LogP contribution < -0.4 is 9.47 Å². The van der Waals surface area contributed by atoms with Crippen molar-refractivity contribution in [3.05, 3.63) is 35.7 Å². The quantitative estimate of drug-likeness (QED) is 0.781. The standard InChI is InChI=1S/C17H23N3O5S/c1-12-7-14(23-3)15(24-4)8-17(12)26(21,22)20-5-6-25-16(11-20)13-9-18-19(2)10-13/h7-10,16H,5-6,11H2,1-4H3/t16-/m0/s1. The van der Waals surface area contributed by atoms with Crippen molar-refractivity contribution in [3.8, 4) is 11.5 Å². The van der Waals surface area contributed by atoms with Crippen LogP contribution in [0.1, 0.15) is 17.2 Å². The largest absolute Gasteiger partial charge is 0.493 e. The zero-order chi connectivity index (χ0) is 18.9. The fourth-order valence-corrected chi connectivity index (χ4v) is 4.68. The van der Waals surface area contributed by atoms with Gasteiger partial charge >= 0.3 is 0 Å². The van der Waals surface area contributed by atoms with Crippen molar-refractivity contribution in [2.24, 2.45) is 7.05 Å². The lowest BCUT2D eigenvalue weighted by Crippen LogP contribution is -2.42. The third kappa shape index (κ3) is 3.42. The van der Waals surface area contributed by atoms with Crippen molar-refractivity contribution in [1.29, 1.82) is 0 Å². The molecule has 3 rings (SSSR count). The highest BCUT2D eigenvalue weighted by Gasteiger charge is 2.33. The van der Waals surface area contributed by atoms with Gasteiger partial charge in [-0.3, -0.25) is 4.68 Å². The summed E-state index contributed by atoms with van der Waals surface area (Å²) in [4.78, 5) is 0.210. The summed E-state index contributed by atoms with van der Waals surface area (Å²) in [5.74, 6) is 0.882. The van der Waals surface area contributed by atoms with Crippen LogP contribution in [0.4, 0.5) is 0 Å². The number of ether oxygens (including phenoxy) is 3. The Hall–Kier alpha value is -2.10. The maximum atomic E-state index is 13.2. The highest BCUT2D eigenvalue weighted by molar-refractivity contribution is 7.89. The van der Waals surface area contributed by atoms with Crippen LogP contribution in [0.2, 0.25) is 0 Å². The zero-order valence-corrected chi connectivity index (χ0v) is 16.1.